The Morgan fingerprint density at radius 3 is 1.51 bits per heavy atom. The van der Waals surface area contributed by atoms with E-state index in [0.29, 0.717) is 0 Å². The van der Waals surface area contributed by atoms with Crippen LogP contribution in [-0.4, -0.2) is 0 Å². The Kier molecular flexibility index (Phi) is 7.17. The maximum atomic E-state index is 6.49. The first kappa shape index (κ1) is 31.2. The highest BCUT2D eigenvalue weighted by atomic mass is 16.3. The molecule has 0 aliphatic carbocycles. The van der Waals surface area contributed by atoms with E-state index in [-0.39, 0.29) is 0 Å². The molecule has 11 aromatic rings. The van der Waals surface area contributed by atoms with Gasteiger partial charge in [-0.05, 0) is 76.2 Å². The predicted octanol–water partition coefficient (Wildman–Crippen LogP) is 15.1. The first-order valence-corrected chi connectivity index (χ1v) is 18.7. The molecule has 258 valence electrons. The zero-order valence-electron chi connectivity index (χ0n) is 29.8. The second kappa shape index (κ2) is 12.6. The van der Waals surface area contributed by atoms with Gasteiger partial charge in [0.05, 0.1) is 5.69 Å². The molecule has 0 N–H and O–H groups in total. The third-order valence-corrected chi connectivity index (χ3v) is 10.9. The molecule has 0 radical (unpaired) electrons. The number of benzene rings is 9. The molecule has 0 saturated heterocycles. The van der Waals surface area contributed by atoms with Gasteiger partial charge in [-0.3, -0.25) is 0 Å². The number of hydrogen-bond acceptors (Lipinski definition) is 3. The standard InChI is InChI=1S/C52H33NO2/c1-2-13-34(14-3-1)35-25-29-37(30-26-35)53(38-31-27-36(28-32-38)39-20-12-21-45-42-17-7-10-23-49(42)54-51(39)45)48-22-9-6-16-41(48)46-33-47-43-18-8-11-24-50(43)55-52(47)44-19-5-4-15-40(44)46/h1-33H. The summed E-state index contributed by atoms with van der Waals surface area (Å²) >= 11 is 0. The zero-order valence-corrected chi connectivity index (χ0v) is 29.8. The largest absolute Gasteiger partial charge is 0.455 e. The Morgan fingerprint density at radius 1 is 0.291 bits per heavy atom. The lowest BCUT2D eigenvalue weighted by atomic mass is 9.93. The van der Waals surface area contributed by atoms with Crippen molar-refractivity contribution in [1.29, 1.82) is 0 Å². The van der Waals surface area contributed by atoms with Gasteiger partial charge in [0.1, 0.15) is 22.3 Å². The van der Waals surface area contributed by atoms with Crippen LogP contribution in [0, 0.1) is 0 Å². The molecule has 0 aliphatic heterocycles. The molecule has 11 rings (SSSR count). The van der Waals surface area contributed by atoms with Crippen LogP contribution < -0.4 is 4.90 Å². The molecule has 9 aromatic carbocycles. The summed E-state index contributed by atoms with van der Waals surface area (Å²) in [4.78, 5) is 2.38. The highest BCUT2D eigenvalue weighted by Gasteiger charge is 2.21. The van der Waals surface area contributed by atoms with Gasteiger partial charge in [-0.25, -0.2) is 0 Å². The Bertz CT molecular complexity index is 3190. The van der Waals surface area contributed by atoms with Gasteiger partial charge < -0.3 is 13.7 Å². The molecule has 0 unspecified atom stereocenters. The number of para-hydroxylation sites is 4. The summed E-state index contributed by atoms with van der Waals surface area (Å²) in [6.07, 6.45) is 0. The first-order chi connectivity index (χ1) is 27.3. The van der Waals surface area contributed by atoms with Gasteiger partial charge >= 0.3 is 0 Å². The molecule has 0 atom stereocenters. The van der Waals surface area contributed by atoms with Gasteiger partial charge in [0, 0.05) is 49.4 Å². The average Bonchev–Trinajstić information content (AvgIpc) is 3.83. The minimum Gasteiger partial charge on any atom is -0.455 e. The number of furan rings is 2. The second-order valence-corrected chi connectivity index (χ2v) is 14.0. The monoisotopic (exact) mass is 703 g/mol. The molecule has 3 nitrogen and oxygen atoms in total. The van der Waals surface area contributed by atoms with Gasteiger partial charge in [0.25, 0.3) is 0 Å². The summed E-state index contributed by atoms with van der Waals surface area (Å²) in [6, 6.07) is 71.0. The lowest BCUT2D eigenvalue weighted by Gasteiger charge is -2.28. The van der Waals surface area contributed by atoms with Gasteiger partial charge in [0.2, 0.25) is 0 Å². The Labute approximate surface area is 317 Å². The molecule has 0 amide bonds. The molecule has 55 heavy (non-hydrogen) atoms. The van der Waals surface area contributed by atoms with Crippen LogP contribution in [-0.2, 0) is 0 Å². The fraction of sp³-hybridized carbons (Fsp3) is 0. The Morgan fingerprint density at radius 2 is 0.782 bits per heavy atom. The number of anilines is 3. The molecule has 2 heterocycles. The minimum atomic E-state index is 0.895. The van der Waals surface area contributed by atoms with Crippen LogP contribution in [0.25, 0.3) is 88.0 Å². The lowest BCUT2D eigenvalue weighted by molar-refractivity contribution is 0.670. The number of hydrogen-bond donors (Lipinski definition) is 0. The Hall–Kier alpha value is -7.36. The predicted molar refractivity (Wildman–Crippen MR) is 229 cm³/mol. The summed E-state index contributed by atoms with van der Waals surface area (Å²) in [5.74, 6) is 0. The smallest absolute Gasteiger partial charge is 0.143 e. The van der Waals surface area contributed by atoms with E-state index in [1.54, 1.807) is 0 Å². The van der Waals surface area contributed by atoms with E-state index < -0.39 is 0 Å². The molecule has 0 fully saturated rings. The minimum absolute atomic E-state index is 0.895. The molecule has 3 heteroatoms. The second-order valence-electron chi connectivity index (χ2n) is 14.0. The topological polar surface area (TPSA) is 29.5 Å². The quantitative estimate of drug-likeness (QED) is 0.173. The molecule has 0 bridgehead atoms. The third-order valence-electron chi connectivity index (χ3n) is 10.9. The number of rotatable bonds is 6. The molecule has 2 aromatic heterocycles. The lowest BCUT2D eigenvalue weighted by Crippen LogP contribution is -2.11. The van der Waals surface area contributed by atoms with E-state index in [1.807, 2.05) is 18.2 Å². The zero-order chi connectivity index (χ0) is 36.3. The van der Waals surface area contributed by atoms with Crippen LogP contribution in [0.3, 0.4) is 0 Å². The van der Waals surface area contributed by atoms with Crippen molar-refractivity contribution >= 4 is 71.7 Å². The number of fused-ring (bicyclic) bond motifs is 8. The van der Waals surface area contributed by atoms with Crippen molar-refractivity contribution in [2.24, 2.45) is 0 Å². The summed E-state index contributed by atoms with van der Waals surface area (Å²) in [5, 5.41) is 6.74. The van der Waals surface area contributed by atoms with Crippen molar-refractivity contribution in [3.63, 3.8) is 0 Å². The van der Waals surface area contributed by atoms with Gasteiger partial charge in [-0.2, -0.15) is 0 Å². The van der Waals surface area contributed by atoms with Gasteiger partial charge in [-0.1, -0.05) is 152 Å². The van der Waals surface area contributed by atoms with Crippen molar-refractivity contribution in [2.75, 3.05) is 4.90 Å². The maximum absolute atomic E-state index is 6.49. The highest BCUT2D eigenvalue weighted by Crippen LogP contribution is 2.46. The molecular weight excluding hydrogens is 671 g/mol. The third kappa shape index (κ3) is 5.13. The van der Waals surface area contributed by atoms with Crippen LogP contribution in [0.15, 0.2) is 209 Å². The van der Waals surface area contributed by atoms with E-state index >= 15 is 0 Å². The summed E-state index contributed by atoms with van der Waals surface area (Å²) in [5.41, 5.74) is 13.7. The van der Waals surface area contributed by atoms with Gasteiger partial charge in [-0.15, -0.1) is 0 Å². The normalized spacial score (nSPS) is 11.6. The SMILES string of the molecule is c1ccc(-c2ccc(N(c3ccc(-c4cccc5c4oc4ccccc45)cc3)c3ccccc3-c3cc4c5ccccc5oc4c4ccccc34)cc2)cc1. The summed E-state index contributed by atoms with van der Waals surface area (Å²) in [6.45, 7) is 0. The van der Waals surface area contributed by atoms with E-state index in [1.165, 1.54) is 11.1 Å². The van der Waals surface area contributed by atoms with Crippen molar-refractivity contribution in [3.8, 4) is 33.4 Å². The van der Waals surface area contributed by atoms with Crippen molar-refractivity contribution < 1.29 is 8.83 Å². The highest BCUT2D eigenvalue weighted by molar-refractivity contribution is 6.20. The van der Waals surface area contributed by atoms with Crippen LogP contribution in [0.5, 0.6) is 0 Å². The number of nitrogens with zero attached hydrogens (tertiary/aromatic N) is 1. The summed E-state index contributed by atoms with van der Waals surface area (Å²) in [7, 11) is 0. The van der Waals surface area contributed by atoms with Crippen LogP contribution in [0.4, 0.5) is 17.1 Å². The molecule has 0 saturated carbocycles. The van der Waals surface area contributed by atoms with Crippen molar-refractivity contribution in [1.82, 2.24) is 0 Å². The molecule has 0 aliphatic rings. The average molecular weight is 704 g/mol. The van der Waals surface area contributed by atoms with E-state index in [0.717, 1.165) is 94.0 Å². The summed E-state index contributed by atoms with van der Waals surface area (Å²) < 4.78 is 12.9. The van der Waals surface area contributed by atoms with Crippen LogP contribution in [0.2, 0.25) is 0 Å². The Balaban J connectivity index is 1.10. The fourth-order valence-electron chi connectivity index (χ4n) is 8.29. The van der Waals surface area contributed by atoms with Gasteiger partial charge in [0.15, 0.2) is 0 Å². The van der Waals surface area contributed by atoms with E-state index in [2.05, 4.69) is 187 Å². The molecular formula is C52H33NO2. The fourth-order valence-corrected chi connectivity index (χ4v) is 8.29. The van der Waals surface area contributed by atoms with Crippen LogP contribution in [0.1, 0.15) is 0 Å². The van der Waals surface area contributed by atoms with Crippen molar-refractivity contribution in [3.05, 3.63) is 200 Å². The first-order valence-electron chi connectivity index (χ1n) is 18.7. The van der Waals surface area contributed by atoms with Crippen LogP contribution >= 0.6 is 0 Å². The van der Waals surface area contributed by atoms with E-state index in [9.17, 15) is 0 Å². The molecule has 0 spiro atoms. The van der Waals surface area contributed by atoms with E-state index in [4.69, 9.17) is 8.83 Å². The van der Waals surface area contributed by atoms with Crippen molar-refractivity contribution in [2.45, 2.75) is 0 Å². The maximum Gasteiger partial charge on any atom is 0.143 e.